The van der Waals surface area contributed by atoms with E-state index < -0.39 is 16.1 Å². The summed E-state index contributed by atoms with van der Waals surface area (Å²) in [6.45, 7) is 5.15. The minimum absolute atomic E-state index is 0.0369. The van der Waals surface area contributed by atoms with Gasteiger partial charge >= 0.3 is 5.97 Å². The maximum Gasteiger partial charge on any atom is 0.303 e. The Bertz CT molecular complexity index is 1900. The molecule has 1 aliphatic heterocycles. The summed E-state index contributed by atoms with van der Waals surface area (Å²) in [4.78, 5) is 27.1. The molecule has 5 rings (SSSR count). The van der Waals surface area contributed by atoms with Crippen LogP contribution in [-0.4, -0.2) is 35.7 Å². The molecule has 1 N–H and O–H groups in total. The Morgan fingerprint density at radius 3 is 2.40 bits per heavy atom. The second-order valence-corrected chi connectivity index (χ2v) is 13.3. The predicted molar refractivity (Wildman–Crippen MR) is 168 cm³/mol. The van der Waals surface area contributed by atoms with E-state index in [4.69, 9.17) is 5.11 Å². The van der Waals surface area contributed by atoms with Gasteiger partial charge in [-0.2, -0.15) is 4.57 Å². The minimum atomic E-state index is -4.27. The number of carbonyl (C=O) groups is 1. The lowest BCUT2D eigenvalue weighted by molar-refractivity contribution is -0.699. The Labute approximate surface area is 258 Å². The number of unbranched alkanes of at least 4 members (excludes halogenated alkanes) is 1. The molecule has 4 aromatic rings. The van der Waals surface area contributed by atoms with Gasteiger partial charge in [-0.1, -0.05) is 41.6 Å². The summed E-state index contributed by atoms with van der Waals surface area (Å²) in [6, 6.07) is 20.0. The van der Waals surface area contributed by atoms with Gasteiger partial charge in [0.2, 0.25) is 5.69 Å². The average Bonchev–Trinajstić information content (AvgIpc) is 3.47. The third-order valence-electron chi connectivity index (χ3n) is 6.76. The molecule has 0 atom stereocenters. The van der Waals surface area contributed by atoms with Gasteiger partial charge in [-0.25, -0.2) is 8.42 Å². The molecule has 0 saturated heterocycles. The molecule has 0 amide bonds. The number of benzene rings is 2. The quantitative estimate of drug-likeness (QED) is 0.177. The first-order valence-corrected chi connectivity index (χ1v) is 16.7. The molecule has 2 aromatic carbocycles. The SMILES string of the molecule is CCn1c(=O)/c(=C2\Sc3ccccc3N2C)s/c1=C\c1cccc[n+]1CCCCC(=O)O.Cc1ccc(S(=O)(=O)[O-])cc1. The van der Waals surface area contributed by atoms with Gasteiger partial charge in [0.25, 0.3) is 5.56 Å². The summed E-state index contributed by atoms with van der Waals surface area (Å²) in [5, 5.41) is 9.83. The number of aryl methyl sites for hydroxylation is 2. The van der Waals surface area contributed by atoms with Crippen molar-refractivity contribution in [3.05, 3.63) is 104 Å². The van der Waals surface area contributed by atoms with E-state index in [-0.39, 0.29) is 16.9 Å². The normalized spacial score (nSPS) is 14.3. The van der Waals surface area contributed by atoms with Crippen LogP contribution in [0.5, 0.6) is 0 Å². The number of anilines is 1. The predicted octanol–water partition coefficient (Wildman–Crippen LogP) is 3.51. The lowest BCUT2D eigenvalue weighted by Crippen LogP contribution is -2.38. The number of carboxylic acid groups (broad SMARTS) is 1. The largest absolute Gasteiger partial charge is 0.744 e. The highest BCUT2D eigenvalue weighted by molar-refractivity contribution is 8.08. The van der Waals surface area contributed by atoms with Crippen LogP contribution in [0.1, 0.15) is 37.4 Å². The summed E-state index contributed by atoms with van der Waals surface area (Å²) in [5.41, 5.74) is 3.09. The molecule has 9 nitrogen and oxygen atoms in total. The smallest absolute Gasteiger partial charge is 0.303 e. The van der Waals surface area contributed by atoms with E-state index in [1.54, 1.807) is 23.9 Å². The second-order valence-electron chi connectivity index (χ2n) is 9.83. The molecule has 0 unspecified atom stereocenters. The number of thiazole rings is 1. The number of nitrogens with zero attached hydrogens (tertiary/aromatic N) is 3. The van der Waals surface area contributed by atoms with Gasteiger partial charge in [0.1, 0.15) is 30.9 Å². The van der Waals surface area contributed by atoms with Crippen LogP contribution in [0.4, 0.5) is 5.69 Å². The summed E-state index contributed by atoms with van der Waals surface area (Å²) >= 11 is 3.16. The number of thioether (sulfide) groups is 1. The van der Waals surface area contributed by atoms with Crippen molar-refractivity contribution in [1.82, 2.24) is 4.57 Å². The number of aliphatic carboxylic acids is 1. The monoisotopic (exact) mass is 639 g/mol. The van der Waals surface area contributed by atoms with Crippen molar-refractivity contribution in [2.24, 2.45) is 0 Å². The molecule has 0 spiro atoms. The number of hydrogen-bond acceptors (Lipinski definition) is 8. The van der Waals surface area contributed by atoms with Gasteiger partial charge in [0.15, 0.2) is 6.20 Å². The van der Waals surface area contributed by atoms with E-state index >= 15 is 0 Å². The summed E-state index contributed by atoms with van der Waals surface area (Å²) in [5.74, 6) is -0.762. The molecule has 226 valence electrons. The molecular formula is C31H33N3O6S3. The van der Waals surface area contributed by atoms with Crippen LogP contribution in [0, 0.1) is 6.92 Å². The second kappa shape index (κ2) is 14.2. The van der Waals surface area contributed by atoms with Crippen LogP contribution in [0.25, 0.3) is 11.1 Å². The van der Waals surface area contributed by atoms with Gasteiger partial charge in [-0.05, 0) is 50.6 Å². The van der Waals surface area contributed by atoms with Gasteiger partial charge in [-0.3, -0.25) is 14.2 Å². The number of aromatic nitrogens is 2. The molecule has 43 heavy (non-hydrogen) atoms. The maximum atomic E-state index is 13.3. The summed E-state index contributed by atoms with van der Waals surface area (Å²) in [7, 11) is -2.26. The lowest BCUT2D eigenvalue weighted by atomic mass is 10.2. The van der Waals surface area contributed by atoms with Crippen molar-refractivity contribution in [3.63, 3.8) is 0 Å². The van der Waals surface area contributed by atoms with E-state index in [1.165, 1.54) is 23.5 Å². The van der Waals surface area contributed by atoms with E-state index in [0.29, 0.717) is 13.0 Å². The first-order chi connectivity index (χ1) is 20.5. The molecule has 1 aliphatic rings. The standard InChI is InChI=1S/C24H25N3O3S2.C7H8O3S/c1-3-27-20(16-17-10-6-8-14-26(17)15-9-7-13-21(28)29)32-22(23(27)30)24-25(2)18-11-4-5-12-19(18)31-24;1-6-2-4-7(5-3-6)11(8,9)10/h4-6,8,10-12,14,16H,3,7,9,13,15H2,1-2H3;2-5H,1H3,(H,8,9,10)/b24-22+;. The zero-order valence-electron chi connectivity index (χ0n) is 24.1. The van der Waals surface area contributed by atoms with E-state index in [0.717, 1.165) is 49.0 Å². The third-order valence-corrected chi connectivity index (χ3v) is 10.1. The first kappa shape index (κ1) is 32.2. The number of pyridine rings is 1. The van der Waals surface area contributed by atoms with Crippen molar-refractivity contribution in [2.75, 3.05) is 11.9 Å². The number of para-hydroxylation sites is 1. The van der Waals surface area contributed by atoms with Crippen molar-refractivity contribution >= 4 is 56.0 Å². The molecule has 2 aromatic heterocycles. The van der Waals surface area contributed by atoms with Crippen molar-refractivity contribution in [1.29, 1.82) is 0 Å². The Kier molecular flexibility index (Phi) is 10.6. The Balaban J connectivity index is 0.000000324. The number of hydrogen-bond donors (Lipinski definition) is 1. The Morgan fingerprint density at radius 1 is 1.05 bits per heavy atom. The van der Waals surface area contributed by atoms with Gasteiger partial charge in [-0.15, -0.1) is 11.3 Å². The van der Waals surface area contributed by atoms with E-state index in [1.807, 2.05) is 62.0 Å². The fourth-order valence-electron chi connectivity index (χ4n) is 4.48. The number of rotatable bonds is 8. The topological polar surface area (TPSA) is 124 Å². The average molecular weight is 640 g/mol. The van der Waals surface area contributed by atoms with Crippen molar-refractivity contribution in [2.45, 2.75) is 56.0 Å². The first-order valence-electron chi connectivity index (χ1n) is 13.7. The highest BCUT2D eigenvalue weighted by Gasteiger charge is 2.24. The zero-order valence-corrected chi connectivity index (χ0v) is 26.5. The number of carboxylic acids is 1. The highest BCUT2D eigenvalue weighted by atomic mass is 32.2. The molecule has 0 bridgehead atoms. The molecular weight excluding hydrogens is 607 g/mol. The Morgan fingerprint density at radius 2 is 1.74 bits per heavy atom. The fraction of sp³-hybridized carbons (Fsp3) is 0.258. The maximum absolute atomic E-state index is 13.3. The summed E-state index contributed by atoms with van der Waals surface area (Å²) in [6.07, 6.45) is 5.67. The van der Waals surface area contributed by atoms with Gasteiger partial charge < -0.3 is 14.6 Å². The van der Waals surface area contributed by atoms with Crippen molar-refractivity contribution < 1.29 is 27.4 Å². The van der Waals surface area contributed by atoms with Gasteiger partial charge in [0, 0.05) is 49.5 Å². The molecule has 3 heterocycles. The molecule has 0 fully saturated rings. The molecule has 0 radical (unpaired) electrons. The molecule has 12 heteroatoms. The molecule has 0 saturated carbocycles. The summed E-state index contributed by atoms with van der Waals surface area (Å²) < 4.78 is 36.8. The lowest BCUT2D eigenvalue weighted by Gasteiger charge is -2.11. The Hall–Kier alpha value is -3.71. The van der Waals surface area contributed by atoms with E-state index in [2.05, 4.69) is 27.7 Å². The molecule has 0 aliphatic carbocycles. The minimum Gasteiger partial charge on any atom is -0.744 e. The van der Waals surface area contributed by atoms with Crippen LogP contribution in [0.15, 0.2) is 87.5 Å². The van der Waals surface area contributed by atoms with Crippen LogP contribution in [-0.2, 0) is 28.0 Å². The van der Waals surface area contributed by atoms with Gasteiger partial charge in [0.05, 0.1) is 10.6 Å². The van der Waals surface area contributed by atoms with Crippen LogP contribution in [0.2, 0.25) is 0 Å². The van der Waals surface area contributed by atoms with Crippen LogP contribution >= 0.6 is 23.1 Å². The van der Waals surface area contributed by atoms with Crippen LogP contribution in [0.3, 0.4) is 0 Å². The fourth-order valence-corrected chi connectivity index (χ4v) is 7.42. The van der Waals surface area contributed by atoms with Crippen molar-refractivity contribution in [3.8, 4) is 0 Å². The third kappa shape index (κ3) is 8.02. The zero-order chi connectivity index (χ0) is 31.1. The number of fused-ring (bicyclic) bond motifs is 1. The van der Waals surface area contributed by atoms with E-state index in [9.17, 15) is 22.6 Å². The highest BCUT2D eigenvalue weighted by Crippen LogP contribution is 2.44. The van der Waals surface area contributed by atoms with Crippen LogP contribution < -0.4 is 24.2 Å².